The van der Waals surface area contributed by atoms with Crippen LogP contribution in [0.15, 0.2) is 48.6 Å². The van der Waals surface area contributed by atoms with Crippen molar-refractivity contribution in [1.29, 1.82) is 0 Å². The number of para-hydroxylation sites is 1. The van der Waals surface area contributed by atoms with Crippen LogP contribution in [0.4, 0.5) is 5.69 Å². The normalized spacial score (nSPS) is 35.5. The van der Waals surface area contributed by atoms with E-state index in [9.17, 15) is 19.5 Å². The van der Waals surface area contributed by atoms with Gasteiger partial charge in [0.2, 0.25) is 11.8 Å². The number of hydrogen-bond donors (Lipinski definition) is 1. The monoisotopic (exact) mass is 471 g/mol. The molecule has 0 saturated carbocycles. The Bertz CT molecular complexity index is 1090. The average molecular weight is 472 g/mol. The first-order chi connectivity index (χ1) is 15.7. The van der Waals surface area contributed by atoms with E-state index in [1.54, 1.807) is 55.3 Å². The molecule has 3 amide bonds. The fourth-order valence-corrected chi connectivity index (χ4v) is 6.12. The lowest BCUT2D eigenvalue weighted by atomic mass is 9.74. The third kappa shape index (κ3) is 3.01. The lowest BCUT2D eigenvalue weighted by Gasteiger charge is -2.37. The van der Waals surface area contributed by atoms with Gasteiger partial charge in [0.1, 0.15) is 11.6 Å². The van der Waals surface area contributed by atoms with E-state index < -0.39 is 29.1 Å². The Labute approximate surface area is 197 Å². The highest BCUT2D eigenvalue weighted by Crippen LogP contribution is 2.57. The fraction of sp³-hybridized carbons (Fsp3) is 0.458. The average Bonchev–Trinajstić information content (AvgIpc) is 3.04. The second-order valence-corrected chi connectivity index (χ2v) is 9.58. The van der Waals surface area contributed by atoms with Crippen molar-refractivity contribution in [3.8, 4) is 0 Å². The number of amides is 3. The number of nitrogens with zero attached hydrogens (tertiary/aromatic N) is 3. The molecule has 1 unspecified atom stereocenters. The van der Waals surface area contributed by atoms with Crippen LogP contribution >= 0.6 is 11.6 Å². The van der Waals surface area contributed by atoms with Crippen molar-refractivity contribution >= 4 is 35.0 Å². The van der Waals surface area contributed by atoms with Gasteiger partial charge in [-0.3, -0.25) is 14.4 Å². The van der Waals surface area contributed by atoms with Crippen molar-refractivity contribution in [3.63, 3.8) is 0 Å². The molecule has 1 aromatic rings. The molecule has 1 spiro atoms. The molecule has 4 heterocycles. The Morgan fingerprint density at radius 1 is 1.06 bits per heavy atom. The summed E-state index contributed by atoms with van der Waals surface area (Å²) in [6.45, 7) is 2.10. The van der Waals surface area contributed by atoms with E-state index in [0.29, 0.717) is 17.3 Å². The van der Waals surface area contributed by atoms with E-state index in [0.717, 1.165) is 0 Å². The smallest absolute Gasteiger partial charge is 0.253 e. The van der Waals surface area contributed by atoms with E-state index in [-0.39, 0.29) is 37.4 Å². The number of ether oxygens (including phenoxy) is 1. The van der Waals surface area contributed by atoms with Crippen LogP contribution in [0.2, 0.25) is 5.02 Å². The fourth-order valence-electron chi connectivity index (χ4n) is 5.88. The summed E-state index contributed by atoms with van der Waals surface area (Å²) in [5, 5.41) is 10.1. The molecule has 174 valence electrons. The number of benzene rings is 1. The molecule has 0 aliphatic carbocycles. The van der Waals surface area contributed by atoms with Crippen LogP contribution in [-0.4, -0.2) is 83.2 Å². The molecule has 9 heteroatoms. The van der Waals surface area contributed by atoms with Crippen LogP contribution < -0.4 is 4.90 Å². The molecule has 4 aliphatic rings. The van der Waals surface area contributed by atoms with E-state index >= 15 is 0 Å². The summed E-state index contributed by atoms with van der Waals surface area (Å²) in [5.41, 5.74) is -1.85. The second-order valence-electron chi connectivity index (χ2n) is 9.18. The topological polar surface area (TPSA) is 90.4 Å². The maximum Gasteiger partial charge on any atom is 0.253 e. The van der Waals surface area contributed by atoms with Gasteiger partial charge < -0.3 is 24.5 Å². The molecule has 0 aromatic heterocycles. The van der Waals surface area contributed by atoms with Crippen LogP contribution in [0.1, 0.15) is 6.92 Å². The number of carbonyl (C=O) groups excluding carboxylic acids is 3. The minimum Gasteiger partial charge on any atom is -0.395 e. The maximum absolute atomic E-state index is 14.0. The number of carbonyl (C=O) groups is 3. The quantitative estimate of drug-likeness (QED) is 0.670. The number of fused-ring (bicyclic) bond motifs is 2. The van der Waals surface area contributed by atoms with Crippen molar-refractivity contribution < 1.29 is 24.2 Å². The van der Waals surface area contributed by atoms with Gasteiger partial charge in [-0.15, -0.1) is 0 Å². The zero-order valence-electron chi connectivity index (χ0n) is 18.5. The minimum absolute atomic E-state index is 0.0373. The van der Waals surface area contributed by atoms with Crippen LogP contribution in [0.3, 0.4) is 0 Å². The summed E-state index contributed by atoms with van der Waals surface area (Å²) in [6, 6.07) is 5.98. The Morgan fingerprint density at radius 2 is 1.79 bits per heavy atom. The summed E-state index contributed by atoms with van der Waals surface area (Å²) < 4.78 is 6.63. The lowest BCUT2D eigenvalue weighted by Crippen LogP contribution is -2.56. The molecule has 0 bridgehead atoms. The maximum atomic E-state index is 14.0. The summed E-state index contributed by atoms with van der Waals surface area (Å²) in [6.07, 6.45) is 7.27. The highest BCUT2D eigenvalue weighted by molar-refractivity contribution is 6.34. The van der Waals surface area contributed by atoms with E-state index in [1.807, 2.05) is 12.2 Å². The minimum atomic E-state index is -1.34. The van der Waals surface area contributed by atoms with Crippen molar-refractivity contribution in [2.45, 2.75) is 24.2 Å². The van der Waals surface area contributed by atoms with Gasteiger partial charge in [0.15, 0.2) is 0 Å². The lowest BCUT2D eigenvalue weighted by molar-refractivity contribution is -0.148. The number of halogens is 1. The number of anilines is 1. The Morgan fingerprint density at radius 3 is 2.52 bits per heavy atom. The van der Waals surface area contributed by atoms with Crippen molar-refractivity contribution in [2.75, 3.05) is 38.2 Å². The van der Waals surface area contributed by atoms with Crippen LogP contribution in [-0.2, 0) is 19.1 Å². The first-order valence-electron chi connectivity index (χ1n) is 11.0. The van der Waals surface area contributed by atoms with Crippen molar-refractivity contribution in [1.82, 2.24) is 9.80 Å². The molecular weight excluding hydrogens is 446 g/mol. The Hall–Kier alpha value is -2.68. The van der Waals surface area contributed by atoms with Gasteiger partial charge in [-0.2, -0.15) is 0 Å². The summed E-state index contributed by atoms with van der Waals surface area (Å²) in [7, 11) is 1.69. The first-order valence-corrected chi connectivity index (χ1v) is 11.4. The third-order valence-corrected chi connectivity index (χ3v) is 7.56. The van der Waals surface area contributed by atoms with Gasteiger partial charge in [-0.05, 0) is 19.1 Å². The molecule has 5 rings (SSSR count). The van der Waals surface area contributed by atoms with Gasteiger partial charge in [-0.25, -0.2) is 0 Å². The summed E-state index contributed by atoms with van der Waals surface area (Å²) in [4.78, 5) is 45.7. The first kappa shape index (κ1) is 22.1. The van der Waals surface area contributed by atoms with Gasteiger partial charge in [-0.1, -0.05) is 48.0 Å². The molecule has 2 fully saturated rings. The molecular formula is C24H26ClN3O5. The molecule has 33 heavy (non-hydrogen) atoms. The highest BCUT2D eigenvalue weighted by Gasteiger charge is 2.74. The predicted octanol–water partition coefficient (Wildman–Crippen LogP) is 1.23. The Kier molecular flexibility index (Phi) is 5.15. The Balaban J connectivity index is 1.67. The van der Waals surface area contributed by atoms with Gasteiger partial charge >= 0.3 is 0 Å². The van der Waals surface area contributed by atoms with Crippen LogP contribution in [0.5, 0.6) is 0 Å². The largest absolute Gasteiger partial charge is 0.395 e. The predicted molar refractivity (Wildman–Crippen MR) is 122 cm³/mol. The van der Waals surface area contributed by atoms with Crippen molar-refractivity contribution in [3.05, 3.63) is 53.6 Å². The zero-order valence-corrected chi connectivity index (χ0v) is 19.2. The third-order valence-electron chi connectivity index (χ3n) is 7.24. The van der Waals surface area contributed by atoms with E-state index in [2.05, 4.69) is 0 Å². The SMILES string of the molecule is CN1CC=C[C@]2(C)O[C@]34C=CCN(c5ccccc5Cl)C(=O)C3N(CCO)C(=O)[C@@H]4[C@@H]2C1=O. The number of aliphatic hydroxyl groups is 1. The molecule has 1 aromatic carbocycles. The van der Waals surface area contributed by atoms with Crippen molar-refractivity contribution in [2.24, 2.45) is 11.8 Å². The standard InChI is InChI=1S/C24H26ClN3O5/c1-23-9-5-11-26(2)20(30)17(23)18-21(31)28(13-14-29)19-22(32)27(12-6-10-24(18,19)33-23)16-8-4-3-7-15(16)25/h3-10,17-19,29H,11-14H2,1-2H3/t17-,18+,19?,23+,24+/m1/s1. The molecule has 4 aliphatic heterocycles. The van der Waals surface area contributed by atoms with Gasteiger partial charge in [0.05, 0.1) is 34.8 Å². The number of likely N-dealkylation sites (N-methyl/N-ethyl adjacent to an activating group) is 1. The second kappa shape index (κ2) is 7.68. The van der Waals surface area contributed by atoms with Crippen LogP contribution in [0.25, 0.3) is 0 Å². The van der Waals surface area contributed by atoms with Gasteiger partial charge in [0.25, 0.3) is 5.91 Å². The number of hydrogen-bond acceptors (Lipinski definition) is 5. The molecule has 1 N–H and O–H groups in total. The number of aliphatic hydroxyl groups excluding tert-OH is 1. The summed E-state index contributed by atoms with van der Waals surface area (Å²) >= 11 is 6.40. The van der Waals surface area contributed by atoms with Crippen LogP contribution in [0, 0.1) is 11.8 Å². The van der Waals surface area contributed by atoms with E-state index in [4.69, 9.17) is 16.3 Å². The summed E-state index contributed by atoms with van der Waals surface area (Å²) in [5.74, 6) is -2.59. The zero-order chi connectivity index (χ0) is 23.5. The van der Waals surface area contributed by atoms with Gasteiger partial charge in [0, 0.05) is 26.7 Å². The molecule has 5 atom stereocenters. The molecule has 2 saturated heterocycles. The molecule has 0 radical (unpaired) electrons. The number of rotatable bonds is 3. The number of likely N-dealkylation sites (tertiary alicyclic amines) is 1. The highest BCUT2D eigenvalue weighted by atomic mass is 35.5. The van der Waals surface area contributed by atoms with E-state index in [1.165, 1.54) is 9.80 Å². The molecule has 8 nitrogen and oxygen atoms in total. The number of β-amino-alcohol motifs (C(OH)–C–C–N with tert-alkyl or cyclic N) is 1.